The van der Waals surface area contributed by atoms with E-state index in [2.05, 4.69) is 161 Å². The van der Waals surface area contributed by atoms with Crippen LogP contribution in [0.25, 0.3) is 156 Å². The van der Waals surface area contributed by atoms with Crippen molar-refractivity contribution < 1.29 is 8.78 Å². The fraction of sp³-hybridized carbons (Fsp3) is 0. The first kappa shape index (κ1) is 53.2. The van der Waals surface area contributed by atoms with Crippen LogP contribution in [0.3, 0.4) is 0 Å². The average Bonchev–Trinajstić information content (AvgIpc) is 1.56. The predicted octanol–water partition coefficient (Wildman–Crippen LogP) is 20.6. The molecule has 6 aromatic heterocycles. The molecule has 0 fully saturated rings. The maximum Gasteiger partial charge on any atom is 0.134 e. The number of halogens is 2. The topological polar surface area (TPSA) is 85.2 Å². The highest BCUT2D eigenvalue weighted by molar-refractivity contribution is 6.15. The van der Waals surface area contributed by atoms with Crippen molar-refractivity contribution in [2.45, 2.75) is 0 Å². The van der Waals surface area contributed by atoms with Crippen molar-refractivity contribution in [3.05, 3.63) is 315 Å². The van der Waals surface area contributed by atoms with Crippen molar-refractivity contribution in [2.75, 3.05) is 0 Å². The molecule has 0 bridgehead atoms. The smallest absolute Gasteiger partial charge is 0.134 e. The highest BCUT2D eigenvalue weighted by Crippen LogP contribution is 2.46. The number of benzene rings is 10. The minimum absolute atomic E-state index is 0.0899. The van der Waals surface area contributed by atoms with E-state index in [9.17, 15) is 5.26 Å². The molecule has 0 aliphatic rings. The Morgan fingerprint density at radius 3 is 0.878 bits per heavy atom. The van der Waals surface area contributed by atoms with Gasteiger partial charge in [-0.2, -0.15) is 5.26 Å². The first-order chi connectivity index (χ1) is 44.5. The summed E-state index contributed by atoms with van der Waals surface area (Å²) in [4.78, 5) is 19.8. The van der Waals surface area contributed by atoms with Crippen LogP contribution in [0.1, 0.15) is 5.56 Å². The van der Waals surface area contributed by atoms with E-state index in [1.165, 1.54) is 18.2 Å². The van der Waals surface area contributed by atoms with Crippen LogP contribution >= 0.6 is 0 Å². The fourth-order valence-electron chi connectivity index (χ4n) is 13.1. The van der Waals surface area contributed by atoms with E-state index < -0.39 is 11.6 Å². The maximum absolute atomic E-state index is 16.6. The van der Waals surface area contributed by atoms with Gasteiger partial charge in [0, 0.05) is 96.4 Å². The van der Waals surface area contributed by atoms with Crippen LogP contribution < -0.4 is 0 Å². The quantitative estimate of drug-likeness (QED) is 0.129. The van der Waals surface area contributed by atoms with E-state index in [1.807, 2.05) is 122 Å². The van der Waals surface area contributed by atoms with Gasteiger partial charge in [-0.25, -0.2) is 8.78 Å². The molecular weight excluding hydrogens is 1110 g/mol. The first-order valence-electron chi connectivity index (χ1n) is 29.7. The summed E-state index contributed by atoms with van der Waals surface area (Å²) in [6.07, 6.45) is 7.29. The zero-order chi connectivity index (χ0) is 60.2. The molecule has 0 aliphatic heterocycles. The number of pyridine rings is 4. The van der Waals surface area contributed by atoms with Gasteiger partial charge in [0.05, 0.1) is 73.4 Å². The van der Waals surface area contributed by atoms with E-state index >= 15 is 8.78 Å². The van der Waals surface area contributed by atoms with E-state index in [4.69, 9.17) is 19.9 Å². The lowest BCUT2D eigenvalue weighted by Crippen LogP contribution is -2.06. The summed E-state index contributed by atoms with van der Waals surface area (Å²) >= 11 is 0. The Labute approximate surface area is 517 Å². The van der Waals surface area contributed by atoms with Gasteiger partial charge in [0.25, 0.3) is 0 Å². The van der Waals surface area contributed by atoms with E-state index in [0.29, 0.717) is 11.4 Å². The SMILES string of the molecule is N#Cc1cc(-n2c3ccc(-c4cccnc4-c4ccccc4)cc3c3cc(-c4cccnc4-c4ccccc4)ccc32)c(-n2c3ccc(-c4cccnc4-c4ccccc4)cc3c3cc(-c4cccnc4-c4ccccc4)ccc32)cc1-c1c(F)cccc1F. The van der Waals surface area contributed by atoms with Crippen molar-refractivity contribution in [3.8, 4) is 118 Å². The minimum atomic E-state index is -0.787. The summed E-state index contributed by atoms with van der Waals surface area (Å²) in [5.41, 5.74) is 19.3. The van der Waals surface area contributed by atoms with Crippen LogP contribution in [0.5, 0.6) is 0 Å². The number of rotatable bonds is 11. The molecule has 0 aliphatic carbocycles. The molecule has 0 saturated heterocycles. The van der Waals surface area contributed by atoms with Gasteiger partial charge in [-0.3, -0.25) is 19.9 Å². The number of aromatic nitrogens is 6. The molecule has 0 spiro atoms. The molecule has 9 heteroatoms. The zero-order valence-electron chi connectivity index (χ0n) is 48.2. The Kier molecular flexibility index (Phi) is 13.2. The summed E-state index contributed by atoms with van der Waals surface area (Å²) in [5, 5.41) is 15.1. The average molecular weight is 1160 g/mol. The molecule has 10 aromatic carbocycles. The van der Waals surface area contributed by atoms with Gasteiger partial charge in [-0.15, -0.1) is 0 Å². The normalized spacial score (nSPS) is 11.4. The number of nitriles is 1. The Morgan fingerprint density at radius 1 is 0.278 bits per heavy atom. The molecule has 6 heterocycles. The largest absolute Gasteiger partial charge is 0.307 e. The summed E-state index contributed by atoms with van der Waals surface area (Å²) in [5.74, 6) is -1.57. The molecule has 90 heavy (non-hydrogen) atoms. The Morgan fingerprint density at radius 2 is 0.578 bits per heavy atom. The highest BCUT2D eigenvalue weighted by atomic mass is 19.1. The summed E-state index contributed by atoms with van der Waals surface area (Å²) in [6.45, 7) is 0. The lowest BCUT2D eigenvalue weighted by Gasteiger charge is -2.20. The number of fused-ring (bicyclic) bond motifs is 6. The van der Waals surface area contributed by atoms with Gasteiger partial charge >= 0.3 is 0 Å². The van der Waals surface area contributed by atoms with Gasteiger partial charge in [0.1, 0.15) is 11.6 Å². The molecule has 0 saturated carbocycles. The number of hydrogen-bond acceptors (Lipinski definition) is 5. The van der Waals surface area contributed by atoms with Gasteiger partial charge in [-0.05, 0) is 119 Å². The molecule has 0 radical (unpaired) electrons. The maximum atomic E-state index is 16.6. The van der Waals surface area contributed by atoms with Crippen LogP contribution in [-0.4, -0.2) is 29.1 Å². The third-order valence-corrected chi connectivity index (χ3v) is 17.1. The highest BCUT2D eigenvalue weighted by Gasteiger charge is 2.27. The standard InChI is InChI=1S/C81H49F2N7/c82-69-30-13-31-70(83)77(69)64-49-76(90-73-38-34-57(62-28-16-42-87-80(62)53-22-9-3-10-23-53)46-67(73)68-47-58(35-39-74(68)90)63-29-17-43-88-81(63)54-24-11-4-12-25-54)75(48-59(64)50-84)89-71-36-32-55(60-26-14-40-85-78(60)51-18-5-1-6-19-51)44-65(71)66-45-56(33-37-72(66)89)61-27-15-41-86-79(61)52-20-7-2-8-21-52/h1-49H. The van der Waals surface area contributed by atoms with Crippen LogP contribution in [0.15, 0.2) is 298 Å². The van der Waals surface area contributed by atoms with E-state index in [-0.39, 0.29) is 16.7 Å². The first-order valence-corrected chi connectivity index (χ1v) is 29.7. The number of nitrogens with zero attached hydrogens (tertiary/aromatic N) is 7. The van der Waals surface area contributed by atoms with E-state index in [1.54, 1.807) is 12.1 Å². The van der Waals surface area contributed by atoms with Crippen molar-refractivity contribution >= 4 is 43.6 Å². The van der Waals surface area contributed by atoms with Crippen molar-refractivity contribution in [1.82, 2.24) is 29.1 Å². The third kappa shape index (κ3) is 9.09. The second-order valence-electron chi connectivity index (χ2n) is 22.3. The molecule has 16 aromatic rings. The molecule has 0 unspecified atom stereocenters. The third-order valence-electron chi connectivity index (χ3n) is 17.1. The fourth-order valence-corrected chi connectivity index (χ4v) is 13.1. The van der Waals surface area contributed by atoms with Crippen LogP contribution in [-0.2, 0) is 0 Å². The van der Waals surface area contributed by atoms with Gasteiger partial charge in [0.2, 0.25) is 0 Å². The van der Waals surface area contributed by atoms with Gasteiger partial charge < -0.3 is 9.13 Å². The lowest BCUT2D eigenvalue weighted by molar-refractivity contribution is 0.589. The second kappa shape index (κ2) is 22.2. The molecule has 16 rings (SSSR count). The number of hydrogen-bond donors (Lipinski definition) is 0. The summed E-state index contributed by atoms with van der Waals surface area (Å²) < 4.78 is 37.6. The molecule has 422 valence electrons. The molecular formula is C81H49F2N7. The predicted molar refractivity (Wildman–Crippen MR) is 360 cm³/mol. The Bertz CT molecular complexity index is 5220. The Balaban J connectivity index is 1.01. The summed E-state index contributed by atoms with van der Waals surface area (Å²) in [7, 11) is 0. The lowest BCUT2D eigenvalue weighted by atomic mass is 9.96. The van der Waals surface area contributed by atoms with E-state index in [0.717, 1.165) is 133 Å². The minimum Gasteiger partial charge on any atom is -0.307 e. The molecule has 0 amide bonds. The second-order valence-corrected chi connectivity index (χ2v) is 22.3. The van der Waals surface area contributed by atoms with Crippen molar-refractivity contribution in [3.63, 3.8) is 0 Å². The van der Waals surface area contributed by atoms with Crippen LogP contribution in [0.2, 0.25) is 0 Å². The monoisotopic (exact) mass is 1160 g/mol. The van der Waals surface area contributed by atoms with Crippen LogP contribution in [0.4, 0.5) is 8.78 Å². The summed E-state index contributed by atoms with van der Waals surface area (Å²) in [6, 6.07) is 92.7. The zero-order valence-corrected chi connectivity index (χ0v) is 48.2. The Hall–Kier alpha value is -12.3. The van der Waals surface area contributed by atoms with Crippen molar-refractivity contribution in [1.29, 1.82) is 5.26 Å². The molecule has 0 atom stereocenters. The van der Waals surface area contributed by atoms with Crippen molar-refractivity contribution in [2.24, 2.45) is 0 Å². The molecule has 7 nitrogen and oxygen atoms in total. The molecule has 0 N–H and O–H groups in total. The van der Waals surface area contributed by atoms with Crippen LogP contribution in [0, 0.1) is 23.0 Å². The van der Waals surface area contributed by atoms with Gasteiger partial charge in [0.15, 0.2) is 0 Å². The van der Waals surface area contributed by atoms with Gasteiger partial charge in [-0.1, -0.05) is 176 Å².